The van der Waals surface area contributed by atoms with Gasteiger partial charge < -0.3 is 35.7 Å². The molecule has 2 atom stereocenters. The number of fused-ring (bicyclic) bond motifs is 2. The zero-order valence-electron chi connectivity index (χ0n) is 27.5. The number of nitrogen functional groups attached to an aromatic ring is 2. The summed E-state index contributed by atoms with van der Waals surface area (Å²) in [6, 6.07) is 10.3. The van der Waals surface area contributed by atoms with Crippen molar-refractivity contribution >= 4 is 69.2 Å². The van der Waals surface area contributed by atoms with Crippen LogP contribution in [0.15, 0.2) is 70.6 Å². The van der Waals surface area contributed by atoms with Gasteiger partial charge in [0.25, 0.3) is 11.8 Å². The Morgan fingerprint density at radius 2 is 1.92 bits per heavy atom. The zero-order valence-corrected chi connectivity index (χ0v) is 29.1. The maximum absolute atomic E-state index is 13.6. The summed E-state index contributed by atoms with van der Waals surface area (Å²) in [4.78, 5) is 71.9. The van der Waals surface area contributed by atoms with Gasteiger partial charge in [-0.2, -0.15) is 4.89 Å². The number of oxime groups is 1. The van der Waals surface area contributed by atoms with E-state index in [1.165, 1.54) is 43.0 Å². The summed E-state index contributed by atoms with van der Waals surface area (Å²) in [6.45, 7) is 3.09. The third-order valence-electron chi connectivity index (χ3n) is 8.23. The number of nitrogens with one attached hydrogen (secondary N) is 2. The van der Waals surface area contributed by atoms with Crippen LogP contribution in [0.2, 0.25) is 0 Å². The van der Waals surface area contributed by atoms with Crippen LogP contribution in [0.4, 0.5) is 5.13 Å². The van der Waals surface area contributed by atoms with Crippen LogP contribution in [0, 0.1) is 5.41 Å². The Balaban J connectivity index is 1.22. The molecule has 0 unspecified atom stereocenters. The van der Waals surface area contributed by atoms with Gasteiger partial charge >= 0.3 is 11.9 Å². The molecule has 0 bridgehead atoms. The van der Waals surface area contributed by atoms with Crippen LogP contribution in [0.3, 0.4) is 0 Å². The standard InChI is InChI=1S/C32H33N9O8S2/c1-32(2,30(45)46)49-38-22(20-15-51-31(35)36-20)26(42)37-23-27(43)41-24(29(44)48-47-3)18(14-50-28(23)41)12-19-8-9-21-39(10-11-40(19)21)13-16-4-6-17(7-5-16)25(33)34/h4-11,15,23,28H,12-14H2,1-3H3,(H3,33,34)(H2,35,36)(H,37,42)(H,45,46)/b38-22-/t23-,28-/m1/s1. The fraction of sp³-hybridized carbons (Fsp3) is 0.281. The maximum atomic E-state index is 13.6. The van der Waals surface area contributed by atoms with E-state index in [1.54, 1.807) is 12.1 Å². The maximum Gasteiger partial charge on any atom is 0.389 e. The molecule has 7 N–H and O–H groups in total. The molecule has 19 heteroatoms. The third-order valence-corrected chi connectivity index (χ3v) is 10.2. The molecule has 3 aromatic heterocycles. The molecule has 0 radical (unpaired) electrons. The summed E-state index contributed by atoms with van der Waals surface area (Å²) in [5.74, 6) is -3.29. The number of rotatable bonds is 13. The smallest absolute Gasteiger partial charge is 0.389 e. The van der Waals surface area contributed by atoms with Crippen molar-refractivity contribution in [3.05, 3.63) is 88.0 Å². The minimum absolute atomic E-state index is 0.00193. The summed E-state index contributed by atoms with van der Waals surface area (Å²) < 4.78 is 4.05. The normalized spacial score (nSPS) is 17.6. The Kier molecular flexibility index (Phi) is 9.60. The van der Waals surface area contributed by atoms with Crippen molar-refractivity contribution < 1.29 is 38.9 Å². The number of imidazole rings is 1. The molecule has 1 aromatic carbocycles. The van der Waals surface area contributed by atoms with Crippen molar-refractivity contribution in [3.63, 3.8) is 0 Å². The molecular weight excluding hydrogens is 703 g/mol. The van der Waals surface area contributed by atoms with Gasteiger partial charge in [-0.15, -0.1) is 23.1 Å². The molecule has 1 saturated heterocycles. The van der Waals surface area contributed by atoms with Crippen molar-refractivity contribution in [2.24, 2.45) is 10.9 Å². The summed E-state index contributed by atoms with van der Waals surface area (Å²) in [5, 5.41) is 24.3. The first-order chi connectivity index (χ1) is 24.3. The second kappa shape index (κ2) is 13.9. The number of thioether (sulfide) groups is 1. The van der Waals surface area contributed by atoms with Crippen LogP contribution in [0.5, 0.6) is 0 Å². The molecule has 4 aromatic rings. The first-order valence-corrected chi connectivity index (χ1v) is 17.2. The second-order valence-electron chi connectivity index (χ2n) is 12.0. The predicted molar refractivity (Wildman–Crippen MR) is 187 cm³/mol. The Morgan fingerprint density at radius 3 is 2.57 bits per heavy atom. The third kappa shape index (κ3) is 6.90. The molecule has 2 aliphatic heterocycles. The molecule has 0 saturated carbocycles. The van der Waals surface area contributed by atoms with E-state index in [9.17, 15) is 24.3 Å². The summed E-state index contributed by atoms with van der Waals surface area (Å²) in [5.41, 5.74) is 13.3. The largest absolute Gasteiger partial charge is 0.478 e. The van der Waals surface area contributed by atoms with Crippen LogP contribution in [0.1, 0.15) is 36.4 Å². The van der Waals surface area contributed by atoms with Crippen molar-refractivity contribution in [2.45, 2.75) is 43.8 Å². The van der Waals surface area contributed by atoms with Crippen molar-refractivity contribution in [1.29, 1.82) is 5.41 Å². The van der Waals surface area contributed by atoms with E-state index in [2.05, 4.69) is 24.9 Å². The summed E-state index contributed by atoms with van der Waals surface area (Å²) >= 11 is 2.38. The number of hydrogen-bond donors (Lipinski definition) is 5. The lowest BCUT2D eigenvalue weighted by atomic mass is 10.0. The summed E-state index contributed by atoms with van der Waals surface area (Å²) in [6.07, 6.45) is 4.16. The lowest BCUT2D eigenvalue weighted by Gasteiger charge is -2.49. The number of carbonyl (C=O) groups excluding carboxylic acids is 3. The van der Waals surface area contributed by atoms with Gasteiger partial charge in [0.2, 0.25) is 5.60 Å². The second-order valence-corrected chi connectivity index (χ2v) is 14.0. The molecule has 0 aliphatic carbocycles. The van der Waals surface area contributed by atoms with Crippen LogP contribution >= 0.6 is 23.1 Å². The number of benzene rings is 1. The predicted octanol–water partition coefficient (Wildman–Crippen LogP) is 1.70. The lowest BCUT2D eigenvalue weighted by molar-refractivity contribution is -0.252. The fourth-order valence-corrected chi connectivity index (χ4v) is 7.42. The minimum atomic E-state index is -1.77. The van der Waals surface area contributed by atoms with Crippen molar-refractivity contribution in [3.8, 4) is 0 Å². The number of amidine groups is 1. The average molecular weight is 736 g/mol. The number of thiazole rings is 1. The number of carbonyl (C=O) groups is 4. The average Bonchev–Trinajstić information content (AvgIpc) is 3.82. The first-order valence-electron chi connectivity index (χ1n) is 15.3. The highest BCUT2D eigenvalue weighted by Crippen LogP contribution is 2.41. The molecule has 51 heavy (non-hydrogen) atoms. The topological polar surface area (TPSA) is 242 Å². The number of β-lactam (4-membered cyclic amide) rings is 1. The molecule has 6 rings (SSSR count). The van der Waals surface area contributed by atoms with Gasteiger partial charge in [0.05, 0.1) is 7.11 Å². The Labute approximate surface area is 298 Å². The van der Waals surface area contributed by atoms with Gasteiger partial charge in [-0.05, 0) is 37.1 Å². The molecule has 0 spiro atoms. The number of nitrogens with zero attached hydrogens (tertiary/aromatic N) is 5. The highest BCUT2D eigenvalue weighted by Gasteiger charge is 2.55. The zero-order chi connectivity index (χ0) is 36.6. The number of amides is 2. The van der Waals surface area contributed by atoms with Gasteiger partial charge in [-0.1, -0.05) is 29.4 Å². The van der Waals surface area contributed by atoms with E-state index in [0.717, 1.165) is 28.2 Å². The SMILES string of the molecule is COOC(=O)C1=C(Cc2ccc3n(Cc4ccc(C(=N)N)cc4)ccn23)CS[C@@H]2[C@H](NC(=O)/C(=N\OC(C)(C)C(=O)O)c3csc(N)n3)C(=O)N12. The monoisotopic (exact) mass is 735 g/mol. The quantitative estimate of drug-likeness (QED) is 0.0433. The van der Waals surface area contributed by atoms with Gasteiger partial charge in [-0.25, -0.2) is 14.6 Å². The van der Waals surface area contributed by atoms with E-state index in [4.69, 9.17) is 26.6 Å². The minimum Gasteiger partial charge on any atom is -0.478 e. The molecular formula is C32H33N9O8S2. The molecule has 5 heterocycles. The van der Waals surface area contributed by atoms with Crippen LogP contribution < -0.4 is 16.8 Å². The molecule has 2 aliphatic rings. The number of anilines is 1. The number of aliphatic carboxylic acids is 1. The van der Waals surface area contributed by atoms with Crippen molar-refractivity contribution in [1.82, 2.24) is 24.2 Å². The van der Waals surface area contributed by atoms with Gasteiger partial charge in [0.1, 0.15) is 34.3 Å². The Bertz CT molecular complexity index is 2110. The van der Waals surface area contributed by atoms with Gasteiger partial charge in [0, 0.05) is 47.7 Å². The number of nitrogens with two attached hydrogens (primary N) is 2. The number of hydrogen-bond acceptors (Lipinski definition) is 13. The molecule has 1 fully saturated rings. The summed E-state index contributed by atoms with van der Waals surface area (Å²) in [7, 11) is 1.18. The van der Waals surface area contributed by atoms with Crippen molar-refractivity contribution in [2.75, 3.05) is 18.6 Å². The van der Waals surface area contributed by atoms with E-state index in [0.29, 0.717) is 29.9 Å². The Hall–Kier alpha value is -5.66. The number of carboxylic acids is 1. The number of aromatic nitrogens is 3. The van der Waals surface area contributed by atoms with E-state index < -0.39 is 40.8 Å². The lowest BCUT2D eigenvalue weighted by Crippen LogP contribution is -2.71. The van der Waals surface area contributed by atoms with E-state index in [1.807, 2.05) is 41.1 Å². The van der Waals surface area contributed by atoms with E-state index in [-0.39, 0.29) is 28.1 Å². The molecule has 266 valence electrons. The first kappa shape index (κ1) is 35.2. The molecule has 2 amide bonds. The molecule has 17 nitrogen and oxygen atoms in total. The van der Waals surface area contributed by atoms with Crippen LogP contribution in [-0.2, 0) is 46.8 Å². The van der Waals surface area contributed by atoms with Gasteiger partial charge in [-0.3, -0.25) is 24.8 Å². The van der Waals surface area contributed by atoms with Crippen LogP contribution in [-0.4, -0.2) is 89.1 Å². The van der Waals surface area contributed by atoms with E-state index >= 15 is 0 Å². The van der Waals surface area contributed by atoms with Crippen LogP contribution in [0.25, 0.3) is 5.65 Å². The highest BCUT2D eigenvalue weighted by atomic mass is 32.2. The highest BCUT2D eigenvalue weighted by molar-refractivity contribution is 8.00. The Morgan fingerprint density at radius 1 is 1.18 bits per heavy atom. The fourth-order valence-electron chi connectivity index (χ4n) is 5.52. The number of carboxylic acid groups (broad SMARTS) is 1. The van der Waals surface area contributed by atoms with Gasteiger partial charge in [0.15, 0.2) is 10.8 Å².